The molecule has 0 amide bonds. The number of anilines is 2. The second-order valence-electron chi connectivity index (χ2n) is 10.4. The Labute approximate surface area is 208 Å². The van der Waals surface area contributed by atoms with E-state index in [2.05, 4.69) is 57.9 Å². The number of aromatic amines is 1. The number of aryl methyl sites for hydroxylation is 2. The summed E-state index contributed by atoms with van der Waals surface area (Å²) in [6.45, 7) is 10.1. The summed E-state index contributed by atoms with van der Waals surface area (Å²) in [6.07, 6.45) is 6.30. The van der Waals surface area contributed by atoms with Crippen LogP contribution in [0.4, 0.5) is 11.8 Å². The lowest BCUT2D eigenvalue weighted by molar-refractivity contribution is 0.183. The molecule has 0 bridgehead atoms. The summed E-state index contributed by atoms with van der Waals surface area (Å²) < 4.78 is 15.9. The summed E-state index contributed by atoms with van der Waals surface area (Å²) in [5.41, 5.74) is 4.45. The van der Waals surface area contributed by atoms with Crippen LogP contribution in [0, 0.1) is 6.92 Å². The lowest BCUT2D eigenvalue weighted by atomic mass is 9.91. The molecule has 0 spiro atoms. The average Bonchev–Trinajstić information content (AvgIpc) is 3.62. The van der Waals surface area contributed by atoms with Crippen molar-refractivity contribution in [3.05, 3.63) is 48.0 Å². The summed E-state index contributed by atoms with van der Waals surface area (Å²) in [5, 5.41) is 9.22. The Morgan fingerprint density at radius 1 is 1.17 bits per heavy atom. The van der Waals surface area contributed by atoms with E-state index in [1.165, 1.54) is 0 Å². The Kier molecular flexibility index (Phi) is 5.22. The average molecular weight is 487 g/mol. The third kappa shape index (κ3) is 3.97. The molecule has 2 N–H and O–H groups in total. The van der Waals surface area contributed by atoms with Gasteiger partial charge in [0.15, 0.2) is 17.2 Å². The van der Waals surface area contributed by atoms with E-state index in [4.69, 9.17) is 19.6 Å². The van der Waals surface area contributed by atoms with E-state index in [-0.39, 0.29) is 11.5 Å². The molecule has 1 aliphatic rings. The lowest BCUT2D eigenvalue weighted by Crippen LogP contribution is -2.22. The van der Waals surface area contributed by atoms with Gasteiger partial charge in [0.2, 0.25) is 5.95 Å². The Morgan fingerprint density at radius 3 is 2.81 bits per heavy atom. The number of nitrogens with zero attached hydrogens (tertiary/aromatic N) is 6. The van der Waals surface area contributed by atoms with Gasteiger partial charge in [0.1, 0.15) is 11.4 Å². The Hall–Kier alpha value is -3.92. The first-order valence-electron chi connectivity index (χ1n) is 12.1. The van der Waals surface area contributed by atoms with Gasteiger partial charge in [0.05, 0.1) is 29.7 Å². The SMILES string of the molecule is Cc1cnc2[nH]cc(Oc3cnc4nc(Nc5cc(C(C)(C)C)n([C@@H]6CCOC6)n5)n(C)c4c3)c2c1. The molecule has 10 heteroatoms. The van der Waals surface area contributed by atoms with Crippen molar-refractivity contribution in [3.63, 3.8) is 0 Å². The number of imidazole rings is 1. The van der Waals surface area contributed by atoms with Crippen LogP contribution in [0.25, 0.3) is 22.2 Å². The standard InChI is InChI=1S/C26H30N8O2/c1-15-8-18-20(13-29-23(18)27-11-15)36-17-9-19-24(28-12-17)31-25(33(19)5)30-22-10-21(26(2,3)4)34(32-22)16-6-7-35-14-16/h8-13,16H,6-7,14H2,1-5H3,(H,27,29)(H,28,30,31,32)/t16-/m1/s1. The number of pyridine rings is 2. The first-order chi connectivity index (χ1) is 17.3. The first kappa shape index (κ1) is 22.5. The van der Waals surface area contributed by atoms with Gasteiger partial charge in [-0.25, -0.2) is 9.97 Å². The van der Waals surface area contributed by atoms with Crippen molar-refractivity contribution in [1.29, 1.82) is 0 Å². The van der Waals surface area contributed by atoms with Gasteiger partial charge in [-0.15, -0.1) is 0 Å². The molecule has 0 saturated carbocycles. The summed E-state index contributed by atoms with van der Waals surface area (Å²) in [7, 11) is 1.95. The van der Waals surface area contributed by atoms with E-state index < -0.39 is 0 Å². The molecular weight excluding hydrogens is 456 g/mol. The van der Waals surface area contributed by atoms with Gasteiger partial charge in [-0.2, -0.15) is 10.1 Å². The molecule has 1 fully saturated rings. The van der Waals surface area contributed by atoms with E-state index in [1.54, 1.807) is 6.20 Å². The molecule has 0 aliphatic carbocycles. The summed E-state index contributed by atoms with van der Waals surface area (Å²) in [5.74, 6) is 2.75. The molecule has 0 unspecified atom stereocenters. The molecule has 1 atom stereocenters. The topological polar surface area (TPSA) is 108 Å². The third-order valence-corrected chi connectivity index (χ3v) is 6.57. The number of H-pyrrole nitrogens is 1. The summed E-state index contributed by atoms with van der Waals surface area (Å²) in [6, 6.07) is 6.35. The number of ether oxygens (including phenoxy) is 2. The molecule has 6 heterocycles. The molecule has 10 nitrogen and oxygen atoms in total. The third-order valence-electron chi connectivity index (χ3n) is 6.57. The Morgan fingerprint density at radius 2 is 2.03 bits per heavy atom. The van der Waals surface area contributed by atoms with E-state index in [1.807, 2.05) is 37.0 Å². The number of nitrogens with one attached hydrogen (secondary N) is 2. The van der Waals surface area contributed by atoms with Crippen LogP contribution < -0.4 is 10.1 Å². The number of rotatable bonds is 5. The van der Waals surface area contributed by atoms with Crippen LogP contribution in [-0.2, 0) is 17.2 Å². The Bertz CT molecular complexity index is 1570. The second-order valence-corrected chi connectivity index (χ2v) is 10.4. The minimum absolute atomic E-state index is 0.0495. The van der Waals surface area contributed by atoms with E-state index in [0.717, 1.165) is 46.7 Å². The van der Waals surface area contributed by atoms with E-state index >= 15 is 0 Å². The maximum absolute atomic E-state index is 6.17. The van der Waals surface area contributed by atoms with Gasteiger partial charge >= 0.3 is 0 Å². The highest BCUT2D eigenvalue weighted by atomic mass is 16.5. The minimum atomic E-state index is -0.0495. The van der Waals surface area contributed by atoms with Crippen molar-refractivity contribution in [3.8, 4) is 11.5 Å². The zero-order chi connectivity index (χ0) is 25.0. The van der Waals surface area contributed by atoms with Gasteiger partial charge in [-0.1, -0.05) is 20.8 Å². The molecule has 0 aromatic carbocycles. The second kappa shape index (κ2) is 8.34. The fourth-order valence-corrected chi connectivity index (χ4v) is 4.64. The highest BCUT2D eigenvalue weighted by Gasteiger charge is 2.28. The number of hydrogen-bond acceptors (Lipinski definition) is 7. The Balaban J connectivity index is 1.30. The van der Waals surface area contributed by atoms with Crippen LogP contribution in [-0.4, -0.2) is 47.5 Å². The van der Waals surface area contributed by atoms with Crippen molar-refractivity contribution in [1.82, 2.24) is 34.3 Å². The number of hydrogen-bond donors (Lipinski definition) is 2. The van der Waals surface area contributed by atoms with Crippen molar-refractivity contribution in [2.45, 2.75) is 45.6 Å². The smallest absolute Gasteiger partial charge is 0.210 e. The van der Waals surface area contributed by atoms with Gasteiger partial charge in [0, 0.05) is 49.3 Å². The highest BCUT2D eigenvalue weighted by Crippen LogP contribution is 2.33. The molecule has 1 saturated heterocycles. The molecule has 1 aliphatic heterocycles. The van der Waals surface area contributed by atoms with E-state index in [0.29, 0.717) is 29.7 Å². The summed E-state index contributed by atoms with van der Waals surface area (Å²) in [4.78, 5) is 16.8. The van der Waals surface area contributed by atoms with Crippen molar-refractivity contribution < 1.29 is 9.47 Å². The lowest BCUT2D eigenvalue weighted by Gasteiger charge is -2.22. The van der Waals surface area contributed by atoms with Crippen LogP contribution in [0.2, 0.25) is 0 Å². The predicted molar refractivity (Wildman–Crippen MR) is 138 cm³/mol. The molecule has 36 heavy (non-hydrogen) atoms. The molecule has 0 radical (unpaired) electrons. The largest absolute Gasteiger partial charge is 0.453 e. The van der Waals surface area contributed by atoms with Crippen molar-refractivity contribution >= 4 is 34.0 Å². The number of fused-ring (bicyclic) bond motifs is 2. The van der Waals surface area contributed by atoms with Gasteiger partial charge in [0.25, 0.3) is 0 Å². The van der Waals surface area contributed by atoms with E-state index in [9.17, 15) is 0 Å². The fourth-order valence-electron chi connectivity index (χ4n) is 4.64. The van der Waals surface area contributed by atoms with Crippen LogP contribution in [0.3, 0.4) is 0 Å². The maximum atomic E-state index is 6.17. The minimum Gasteiger partial charge on any atom is -0.453 e. The van der Waals surface area contributed by atoms with Crippen LogP contribution in [0.15, 0.2) is 36.8 Å². The monoisotopic (exact) mass is 486 g/mol. The quantitative estimate of drug-likeness (QED) is 0.354. The van der Waals surface area contributed by atoms with Crippen molar-refractivity contribution in [2.24, 2.45) is 7.05 Å². The van der Waals surface area contributed by atoms with Gasteiger partial charge in [-0.05, 0) is 25.0 Å². The predicted octanol–water partition coefficient (Wildman–Crippen LogP) is 5.14. The molecule has 5 aromatic heterocycles. The zero-order valence-corrected chi connectivity index (χ0v) is 21.2. The molecular formula is C26H30N8O2. The molecule has 5 aromatic rings. The molecule has 186 valence electrons. The maximum Gasteiger partial charge on any atom is 0.210 e. The highest BCUT2D eigenvalue weighted by molar-refractivity contribution is 5.84. The normalized spacial score (nSPS) is 16.3. The van der Waals surface area contributed by atoms with Crippen molar-refractivity contribution in [2.75, 3.05) is 18.5 Å². The molecule has 6 rings (SSSR count). The van der Waals surface area contributed by atoms with Gasteiger partial charge < -0.3 is 24.3 Å². The first-order valence-corrected chi connectivity index (χ1v) is 12.1. The number of aromatic nitrogens is 7. The van der Waals surface area contributed by atoms with Crippen LogP contribution in [0.1, 0.15) is 44.5 Å². The zero-order valence-electron chi connectivity index (χ0n) is 21.2. The van der Waals surface area contributed by atoms with Gasteiger partial charge in [-0.3, -0.25) is 4.68 Å². The van der Waals surface area contributed by atoms with Crippen LogP contribution >= 0.6 is 0 Å². The van der Waals surface area contributed by atoms with Crippen LogP contribution in [0.5, 0.6) is 11.5 Å². The fraction of sp³-hybridized carbons (Fsp3) is 0.385. The summed E-state index contributed by atoms with van der Waals surface area (Å²) >= 11 is 0.